The SMILES string of the molecule is CCOC(=O)c1ccc(N/C=C(/C#N)C(=O)Nc2ccc(C(=O)O)cc2)cc1. The van der Waals surface area contributed by atoms with Gasteiger partial charge in [0.2, 0.25) is 0 Å². The molecule has 0 atom stereocenters. The van der Waals surface area contributed by atoms with Crippen LogP contribution in [0.5, 0.6) is 0 Å². The summed E-state index contributed by atoms with van der Waals surface area (Å²) >= 11 is 0. The smallest absolute Gasteiger partial charge is 0.338 e. The number of hydrogen-bond acceptors (Lipinski definition) is 6. The molecule has 142 valence electrons. The van der Waals surface area contributed by atoms with Crippen LogP contribution in [0.1, 0.15) is 27.6 Å². The number of carboxylic acids is 1. The van der Waals surface area contributed by atoms with Crippen molar-refractivity contribution in [3.63, 3.8) is 0 Å². The molecule has 2 rings (SSSR count). The molecule has 0 saturated heterocycles. The minimum atomic E-state index is -1.08. The number of carbonyl (C=O) groups is 3. The Balaban J connectivity index is 2.02. The van der Waals surface area contributed by atoms with Gasteiger partial charge in [0, 0.05) is 17.6 Å². The van der Waals surface area contributed by atoms with E-state index in [4.69, 9.17) is 9.84 Å². The summed E-state index contributed by atoms with van der Waals surface area (Å²) in [6.45, 7) is 1.99. The Morgan fingerprint density at radius 1 is 1.04 bits per heavy atom. The molecule has 0 aliphatic heterocycles. The highest BCUT2D eigenvalue weighted by atomic mass is 16.5. The maximum atomic E-state index is 12.2. The lowest BCUT2D eigenvalue weighted by molar-refractivity contribution is -0.112. The second-order valence-corrected chi connectivity index (χ2v) is 5.45. The van der Waals surface area contributed by atoms with Crippen molar-refractivity contribution in [2.24, 2.45) is 0 Å². The van der Waals surface area contributed by atoms with E-state index in [-0.39, 0.29) is 17.7 Å². The van der Waals surface area contributed by atoms with Gasteiger partial charge in [-0.3, -0.25) is 4.79 Å². The maximum Gasteiger partial charge on any atom is 0.338 e. The average molecular weight is 379 g/mol. The predicted octanol–water partition coefficient (Wildman–Crippen LogP) is 3.02. The fraction of sp³-hybridized carbons (Fsp3) is 0.100. The molecule has 0 fully saturated rings. The molecule has 0 aliphatic carbocycles. The van der Waals surface area contributed by atoms with Crippen LogP contribution in [0.4, 0.5) is 11.4 Å². The molecule has 8 nitrogen and oxygen atoms in total. The Bertz CT molecular complexity index is 941. The number of amides is 1. The lowest BCUT2D eigenvalue weighted by atomic mass is 10.2. The average Bonchev–Trinajstić information content (AvgIpc) is 2.69. The van der Waals surface area contributed by atoms with Crippen molar-refractivity contribution in [3.05, 3.63) is 71.4 Å². The largest absolute Gasteiger partial charge is 0.478 e. The topological polar surface area (TPSA) is 129 Å². The van der Waals surface area contributed by atoms with Crippen LogP contribution in [0.2, 0.25) is 0 Å². The minimum absolute atomic E-state index is 0.0852. The summed E-state index contributed by atoms with van der Waals surface area (Å²) in [7, 11) is 0. The molecule has 0 bridgehead atoms. The third-order valence-corrected chi connectivity index (χ3v) is 3.53. The second-order valence-electron chi connectivity index (χ2n) is 5.45. The number of carboxylic acid groups (broad SMARTS) is 1. The first kappa shape index (κ1) is 20.2. The molecule has 0 aromatic heterocycles. The lowest BCUT2D eigenvalue weighted by Crippen LogP contribution is -2.14. The minimum Gasteiger partial charge on any atom is -0.478 e. The summed E-state index contributed by atoms with van der Waals surface area (Å²) in [6.07, 6.45) is 1.24. The number of benzene rings is 2. The van der Waals surface area contributed by atoms with Gasteiger partial charge >= 0.3 is 11.9 Å². The Morgan fingerprint density at radius 2 is 1.61 bits per heavy atom. The number of esters is 1. The Morgan fingerprint density at radius 3 is 2.14 bits per heavy atom. The van der Waals surface area contributed by atoms with Crippen molar-refractivity contribution in [2.75, 3.05) is 17.2 Å². The first-order valence-corrected chi connectivity index (χ1v) is 8.23. The van der Waals surface area contributed by atoms with Crippen molar-refractivity contribution in [2.45, 2.75) is 6.92 Å². The van der Waals surface area contributed by atoms with Gasteiger partial charge in [0.25, 0.3) is 5.91 Å². The molecule has 0 saturated carbocycles. The Labute approximate surface area is 161 Å². The molecule has 0 aliphatic rings. The van der Waals surface area contributed by atoms with E-state index in [1.807, 2.05) is 0 Å². The molecule has 0 unspecified atom stereocenters. The fourth-order valence-electron chi connectivity index (χ4n) is 2.12. The van der Waals surface area contributed by atoms with Gasteiger partial charge in [0.05, 0.1) is 17.7 Å². The maximum absolute atomic E-state index is 12.2. The molecular weight excluding hydrogens is 362 g/mol. The van der Waals surface area contributed by atoms with Crippen LogP contribution in [0.3, 0.4) is 0 Å². The van der Waals surface area contributed by atoms with Crippen molar-refractivity contribution in [1.82, 2.24) is 0 Å². The Kier molecular flexibility index (Phi) is 6.88. The van der Waals surface area contributed by atoms with E-state index in [2.05, 4.69) is 10.6 Å². The first-order chi connectivity index (χ1) is 13.4. The molecule has 2 aromatic carbocycles. The number of ether oxygens (including phenoxy) is 1. The van der Waals surface area contributed by atoms with Crippen LogP contribution in [-0.2, 0) is 9.53 Å². The van der Waals surface area contributed by atoms with E-state index >= 15 is 0 Å². The number of nitriles is 1. The van der Waals surface area contributed by atoms with Gasteiger partial charge in [-0.05, 0) is 55.5 Å². The number of rotatable bonds is 7. The van der Waals surface area contributed by atoms with Crippen LogP contribution < -0.4 is 10.6 Å². The lowest BCUT2D eigenvalue weighted by Gasteiger charge is -2.06. The second kappa shape index (κ2) is 9.54. The third-order valence-electron chi connectivity index (χ3n) is 3.53. The van der Waals surface area contributed by atoms with Crippen molar-refractivity contribution >= 4 is 29.2 Å². The number of nitrogens with zero attached hydrogens (tertiary/aromatic N) is 1. The summed E-state index contributed by atoms with van der Waals surface area (Å²) < 4.78 is 4.89. The summed E-state index contributed by atoms with van der Waals surface area (Å²) in [5.41, 5.74) is 1.22. The third kappa shape index (κ3) is 5.44. The zero-order valence-corrected chi connectivity index (χ0v) is 14.9. The molecule has 0 heterocycles. The highest BCUT2D eigenvalue weighted by Crippen LogP contribution is 2.13. The molecule has 1 amide bonds. The van der Waals surface area contributed by atoms with Crippen LogP contribution in [0.25, 0.3) is 0 Å². The molecule has 2 aromatic rings. The molecule has 0 radical (unpaired) electrons. The van der Waals surface area contributed by atoms with Gasteiger partial charge in [-0.1, -0.05) is 0 Å². The van der Waals surface area contributed by atoms with Crippen LogP contribution >= 0.6 is 0 Å². The van der Waals surface area contributed by atoms with Crippen molar-refractivity contribution in [1.29, 1.82) is 5.26 Å². The summed E-state index contributed by atoms with van der Waals surface area (Å²) in [4.78, 5) is 34.6. The summed E-state index contributed by atoms with van der Waals surface area (Å²) in [6, 6.07) is 13.7. The van der Waals surface area contributed by atoms with E-state index in [9.17, 15) is 19.6 Å². The highest BCUT2D eigenvalue weighted by Gasteiger charge is 2.10. The quantitative estimate of drug-likeness (QED) is 0.383. The normalized spacial score (nSPS) is 10.5. The van der Waals surface area contributed by atoms with Gasteiger partial charge in [0.1, 0.15) is 11.6 Å². The molecule has 3 N–H and O–H groups in total. The highest BCUT2D eigenvalue weighted by molar-refractivity contribution is 6.06. The van der Waals surface area contributed by atoms with E-state index < -0.39 is 17.8 Å². The van der Waals surface area contributed by atoms with E-state index in [0.29, 0.717) is 16.9 Å². The number of hydrogen-bond donors (Lipinski definition) is 3. The van der Waals surface area contributed by atoms with E-state index in [1.165, 1.54) is 30.5 Å². The van der Waals surface area contributed by atoms with E-state index in [0.717, 1.165) is 0 Å². The van der Waals surface area contributed by atoms with Crippen molar-refractivity contribution in [3.8, 4) is 6.07 Å². The number of aromatic carboxylic acids is 1. The number of nitrogens with one attached hydrogen (secondary N) is 2. The summed E-state index contributed by atoms with van der Waals surface area (Å²) in [5, 5.41) is 23.4. The summed E-state index contributed by atoms with van der Waals surface area (Å²) in [5.74, 6) is -2.16. The number of anilines is 2. The number of carbonyl (C=O) groups excluding carboxylic acids is 2. The van der Waals surface area contributed by atoms with Gasteiger partial charge in [0.15, 0.2) is 0 Å². The Hall–Kier alpha value is -4.12. The monoisotopic (exact) mass is 379 g/mol. The molecule has 28 heavy (non-hydrogen) atoms. The van der Waals surface area contributed by atoms with Crippen LogP contribution in [-0.4, -0.2) is 29.6 Å². The molecule has 8 heteroatoms. The van der Waals surface area contributed by atoms with E-state index in [1.54, 1.807) is 37.3 Å². The van der Waals surface area contributed by atoms with Crippen LogP contribution in [0, 0.1) is 11.3 Å². The van der Waals surface area contributed by atoms with Gasteiger partial charge in [-0.2, -0.15) is 5.26 Å². The van der Waals surface area contributed by atoms with Gasteiger partial charge in [-0.15, -0.1) is 0 Å². The first-order valence-electron chi connectivity index (χ1n) is 8.23. The van der Waals surface area contributed by atoms with Gasteiger partial charge in [-0.25, -0.2) is 9.59 Å². The zero-order valence-electron chi connectivity index (χ0n) is 14.9. The van der Waals surface area contributed by atoms with Crippen molar-refractivity contribution < 1.29 is 24.2 Å². The van der Waals surface area contributed by atoms with Crippen LogP contribution in [0.15, 0.2) is 60.3 Å². The fourth-order valence-corrected chi connectivity index (χ4v) is 2.12. The zero-order chi connectivity index (χ0) is 20.5. The molecular formula is C20H17N3O5. The van der Waals surface area contributed by atoms with Gasteiger partial charge < -0.3 is 20.5 Å². The molecule has 0 spiro atoms. The predicted molar refractivity (Wildman–Crippen MR) is 102 cm³/mol. The standard InChI is InChI=1S/C20H17N3O5/c1-2-28-20(27)14-5-7-16(8-6-14)22-12-15(11-21)18(24)23-17-9-3-13(4-10-17)19(25)26/h3-10,12,22H,2H2,1H3,(H,23,24)(H,25,26)/b15-12-.